The van der Waals surface area contributed by atoms with Crippen molar-refractivity contribution in [3.8, 4) is 11.8 Å². The highest BCUT2D eigenvalue weighted by Crippen LogP contribution is 2.31. The topological polar surface area (TPSA) is 59.6 Å². The standard InChI is InChI=1S/C22H22N2O3S/c25-22(23-18-7-6-15-2-1-3-16(15)10-18)24-19-12-27-20-17(11-26-21(19)20)5-4-14-8-9-28-13-14/h6-10,13,17,19-21H,1-3,11-12H2,(H2,23,24,25)/t17-,19-,20+,21+/m0/s1. The van der Waals surface area contributed by atoms with Crippen molar-refractivity contribution < 1.29 is 14.3 Å². The second-order valence-electron chi connectivity index (χ2n) is 7.53. The maximum Gasteiger partial charge on any atom is 0.319 e. The summed E-state index contributed by atoms with van der Waals surface area (Å²) in [5.74, 6) is 6.50. The van der Waals surface area contributed by atoms with Gasteiger partial charge in [-0.05, 0) is 54.0 Å². The molecular formula is C22H22N2O3S. The molecule has 2 aromatic rings. The van der Waals surface area contributed by atoms with Crippen molar-refractivity contribution in [1.29, 1.82) is 0 Å². The lowest BCUT2D eigenvalue weighted by Gasteiger charge is -2.18. The number of hydrogen-bond donors (Lipinski definition) is 2. The zero-order chi connectivity index (χ0) is 18.9. The molecule has 5 nitrogen and oxygen atoms in total. The Morgan fingerprint density at radius 3 is 2.89 bits per heavy atom. The first-order chi connectivity index (χ1) is 13.8. The zero-order valence-electron chi connectivity index (χ0n) is 15.4. The molecule has 2 N–H and O–H groups in total. The van der Waals surface area contributed by atoms with Gasteiger partial charge < -0.3 is 20.1 Å². The van der Waals surface area contributed by atoms with Crippen molar-refractivity contribution in [3.05, 3.63) is 51.7 Å². The molecule has 2 amide bonds. The summed E-state index contributed by atoms with van der Waals surface area (Å²) in [6.07, 6.45) is 3.19. The van der Waals surface area contributed by atoms with E-state index in [2.05, 4.69) is 34.6 Å². The van der Waals surface area contributed by atoms with Gasteiger partial charge in [0.05, 0.1) is 25.2 Å². The van der Waals surface area contributed by atoms with Crippen LogP contribution >= 0.6 is 11.3 Å². The number of hydrogen-bond acceptors (Lipinski definition) is 4. The average Bonchev–Trinajstić information content (AvgIpc) is 3.46. The van der Waals surface area contributed by atoms with Gasteiger partial charge in [0.25, 0.3) is 0 Å². The summed E-state index contributed by atoms with van der Waals surface area (Å²) in [7, 11) is 0. The molecule has 3 heterocycles. The molecule has 0 saturated carbocycles. The minimum absolute atomic E-state index is 0.0384. The minimum atomic E-state index is -0.219. The first kappa shape index (κ1) is 17.7. The molecule has 2 saturated heterocycles. The number of anilines is 1. The quantitative estimate of drug-likeness (QED) is 0.769. The number of fused-ring (bicyclic) bond motifs is 2. The summed E-state index contributed by atoms with van der Waals surface area (Å²) in [4.78, 5) is 12.5. The fraction of sp³-hybridized carbons (Fsp3) is 0.409. The number of rotatable bonds is 2. The van der Waals surface area contributed by atoms with Gasteiger partial charge >= 0.3 is 6.03 Å². The molecule has 4 atom stereocenters. The summed E-state index contributed by atoms with van der Waals surface area (Å²) in [6.45, 7) is 0.987. The van der Waals surface area contributed by atoms with Crippen LogP contribution in [0.3, 0.4) is 0 Å². The van der Waals surface area contributed by atoms with E-state index >= 15 is 0 Å². The van der Waals surface area contributed by atoms with Crippen LogP contribution in [-0.2, 0) is 22.3 Å². The van der Waals surface area contributed by atoms with Gasteiger partial charge in [-0.3, -0.25) is 0 Å². The Bertz CT molecular complexity index is 931. The van der Waals surface area contributed by atoms with E-state index in [-0.39, 0.29) is 30.2 Å². The Hall–Kier alpha value is -2.33. The number of urea groups is 1. The van der Waals surface area contributed by atoms with Gasteiger partial charge in [0, 0.05) is 16.6 Å². The molecule has 3 aliphatic rings. The summed E-state index contributed by atoms with van der Waals surface area (Å²) in [5.41, 5.74) is 4.59. The van der Waals surface area contributed by atoms with E-state index in [1.807, 2.05) is 22.9 Å². The third-order valence-electron chi connectivity index (χ3n) is 5.65. The second-order valence-corrected chi connectivity index (χ2v) is 8.31. The zero-order valence-corrected chi connectivity index (χ0v) is 16.3. The number of benzene rings is 1. The van der Waals surface area contributed by atoms with Crippen molar-refractivity contribution in [2.24, 2.45) is 5.92 Å². The lowest BCUT2D eigenvalue weighted by atomic mass is 10.0. The molecule has 1 aromatic carbocycles. The molecular weight excluding hydrogens is 372 g/mol. The molecule has 28 heavy (non-hydrogen) atoms. The first-order valence-corrected chi connectivity index (χ1v) is 10.7. The summed E-state index contributed by atoms with van der Waals surface area (Å²) < 4.78 is 11.8. The minimum Gasteiger partial charge on any atom is -0.372 e. The van der Waals surface area contributed by atoms with E-state index in [0.717, 1.165) is 24.1 Å². The number of nitrogens with one attached hydrogen (secondary N) is 2. The predicted octanol–water partition coefficient (Wildman–Crippen LogP) is 3.19. The van der Waals surface area contributed by atoms with E-state index in [9.17, 15) is 4.79 Å². The normalized spacial score (nSPS) is 27.6. The molecule has 0 radical (unpaired) electrons. The Kier molecular flexibility index (Phi) is 4.81. The largest absolute Gasteiger partial charge is 0.372 e. The molecule has 2 fully saturated rings. The van der Waals surface area contributed by atoms with Crippen LogP contribution in [0, 0.1) is 17.8 Å². The van der Waals surface area contributed by atoms with Gasteiger partial charge in [-0.15, -0.1) is 0 Å². The highest BCUT2D eigenvalue weighted by atomic mass is 32.1. The molecule has 5 rings (SSSR count). The van der Waals surface area contributed by atoms with Crippen molar-refractivity contribution in [1.82, 2.24) is 5.32 Å². The predicted molar refractivity (Wildman–Crippen MR) is 109 cm³/mol. The van der Waals surface area contributed by atoms with Gasteiger partial charge in [-0.1, -0.05) is 17.9 Å². The number of thiophene rings is 1. The second kappa shape index (κ2) is 7.59. The van der Waals surface area contributed by atoms with Crippen LogP contribution in [0.5, 0.6) is 0 Å². The molecule has 0 spiro atoms. The summed E-state index contributed by atoms with van der Waals surface area (Å²) in [6, 6.07) is 7.80. The van der Waals surface area contributed by atoms with Crippen LogP contribution < -0.4 is 10.6 Å². The van der Waals surface area contributed by atoms with E-state index in [4.69, 9.17) is 9.47 Å². The van der Waals surface area contributed by atoms with Gasteiger partial charge in [0.15, 0.2) is 0 Å². The van der Waals surface area contributed by atoms with Crippen molar-refractivity contribution in [2.45, 2.75) is 37.5 Å². The third kappa shape index (κ3) is 3.53. The Morgan fingerprint density at radius 1 is 1.11 bits per heavy atom. The fourth-order valence-corrected chi connectivity index (χ4v) is 4.83. The van der Waals surface area contributed by atoms with Crippen LogP contribution in [0.25, 0.3) is 0 Å². The maximum absolute atomic E-state index is 12.5. The molecule has 144 valence electrons. The highest BCUT2D eigenvalue weighted by molar-refractivity contribution is 7.08. The number of ether oxygens (including phenoxy) is 2. The van der Waals surface area contributed by atoms with Crippen molar-refractivity contribution in [2.75, 3.05) is 18.5 Å². The lowest BCUT2D eigenvalue weighted by molar-refractivity contribution is 0.0666. The molecule has 1 aromatic heterocycles. The van der Waals surface area contributed by atoms with Gasteiger partial charge in [0.1, 0.15) is 12.2 Å². The van der Waals surface area contributed by atoms with Gasteiger partial charge in [-0.25, -0.2) is 4.79 Å². The first-order valence-electron chi connectivity index (χ1n) is 9.72. The number of aryl methyl sites for hydroxylation is 2. The van der Waals surface area contributed by atoms with E-state index < -0.39 is 0 Å². The van der Waals surface area contributed by atoms with Gasteiger partial charge in [0.2, 0.25) is 0 Å². The summed E-state index contributed by atoms with van der Waals surface area (Å²) in [5, 5.41) is 10.0. The molecule has 6 heteroatoms. The van der Waals surface area contributed by atoms with Crippen LogP contribution in [0.15, 0.2) is 35.0 Å². The Balaban J connectivity index is 1.18. The molecule has 0 bridgehead atoms. The number of carbonyl (C=O) groups excluding carboxylic acids is 1. The van der Waals surface area contributed by atoms with Crippen LogP contribution in [0.4, 0.5) is 10.5 Å². The average molecular weight is 394 g/mol. The Morgan fingerprint density at radius 2 is 2.00 bits per heavy atom. The number of carbonyl (C=O) groups is 1. The van der Waals surface area contributed by atoms with E-state index in [1.165, 1.54) is 17.5 Å². The fourth-order valence-electron chi connectivity index (χ4n) is 4.24. The monoisotopic (exact) mass is 394 g/mol. The van der Waals surface area contributed by atoms with Gasteiger partial charge in [-0.2, -0.15) is 11.3 Å². The van der Waals surface area contributed by atoms with Crippen LogP contribution in [-0.4, -0.2) is 37.5 Å². The molecule has 2 aliphatic heterocycles. The maximum atomic E-state index is 12.5. The molecule has 1 aliphatic carbocycles. The highest BCUT2D eigenvalue weighted by Gasteiger charge is 2.47. The molecule has 0 unspecified atom stereocenters. The van der Waals surface area contributed by atoms with Crippen LogP contribution in [0.1, 0.15) is 23.1 Å². The van der Waals surface area contributed by atoms with E-state index in [1.54, 1.807) is 11.3 Å². The lowest BCUT2D eigenvalue weighted by Crippen LogP contribution is -2.45. The smallest absolute Gasteiger partial charge is 0.319 e. The summed E-state index contributed by atoms with van der Waals surface area (Å²) >= 11 is 1.64. The van der Waals surface area contributed by atoms with Crippen molar-refractivity contribution >= 4 is 23.1 Å². The third-order valence-corrected chi connectivity index (χ3v) is 6.33. The SMILES string of the molecule is O=C(Nc1ccc2c(c1)CCC2)N[C@H]1CO[C@H]2[C@@H]1OC[C@@H]2C#Cc1ccsc1. The van der Waals surface area contributed by atoms with Crippen LogP contribution in [0.2, 0.25) is 0 Å². The van der Waals surface area contributed by atoms with E-state index in [0.29, 0.717) is 13.2 Å². The van der Waals surface area contributed by atoms with Crippen molar-refractivity contribution in [3.63, 3.8) is 0 Å². The number of amides is 2. The Labute approximate surface area is 168 Å².